The van der Waals surface area contributed by atoms with E-state index >= 15 is 0 Å². The van der Waals surface area contributed by atoms with Crippen molar-refractivity contribution in [1.29, 1.82) is 0 Å². The van der Waals surface area contributed by atoms with Crippen LogP contribution >= 0.6 is 0 Å². The SMILES string of the molecule is Cc1ccc(S(=O)(=O)Nc2ccccc2)cc1.[Hg]. The van der Waals surface area contributed by atoms with Crippen LogP contribution in [0.4, 0.5) is 5.69 Å². The van der Waals surface area contributed by atoms with Gasteiger partial charge in [-0.1, -0.05) is 35.9 Å². The number of para-hydroxylation sites is 1. The summed E-state index contributed by atoms with van der Waals surface area (Å²) in [6.45, 7) is 1.92. The van der Waals surface area contributed by atoms with Crippen molar-refractivity contribution in [2.24, 2.45) is 0 Å². The first-order valence-corrected chi connectivity index (χ1v) is 6.71. The normalized spacial score (nSPS) is 10.5. The van der Waals surface area contributed by atoms with Gasteiger partial charge in [-0.25, -0.2) is 8.42 Å². The average molecular weight is 448 g/mol. The van der Waals surface area contributed by atoms with Crippen LogP contribution < -0.4 is 4.72 Å². The second-order valence-corrected chi connectivity index (χ2v) is 5.47. The Hall–Kier alpha value is -0.875. The van der Waals surface area contributed by atoms with E-state index in [1.807, 2.05) is 13.0 Å². The Morgan fingerprint density at radius 3 is 2.00 bits per heavy atom. The molecule has 0 aliphatic heterocycles. The zero-order valence-electron chi connectivity index (χ0n) is 10.1. The maximum atomic E-state index is 12.0. The van der Waals surface area contributed by atoms with E-state index in [0.29, 0.717) is 5.69 Å². The number of aryl methyl sites for hydroxylation is 1. The first-order chi connectivity index (χ1) is 8.08. The maximum absolute atomic E-state index is 12.0. The summed E-state index contributed by atoms with van der Waals surface area (Å²) in [6.07, 6.45) is 0. The van der Waals surface area contributed by atoms with Crippen LogP contribution in [0.3, 0.4) is 0 Å². The molecule has 0 saturated heterocycles. The second-order valence-electron chi connectivity index (χ2n) is 3.78. The number of rotatable bonds is 3. The minimum absolute atomic E-state index is 0. The Kier molecular flexibility index (Phi) is 5.35. The Bertz CT molecular complexity index is 595. The van der Waals surface area contributed by atoms with E-state index in [1.54, 1.807) is 48.5 Å². The molecule has 5 heteroatoms. The third kappa shape index (κ3) is 3.81. The van der Waals surface area contributed by atoms with E-state index in [0.717, 1.165) is 5.56 Å². The molecule has 0 fully saturated rings. The molecule has 2 aromatic carbocycles. The smallest absolute Gasteiger partial charge is 0.261 e. The van der Waals surface area contributed by atoms with Crippen LogP contribution in [0.1, 0.15) is 5.56 Å². The van der Waals surface area contributed by atoms with Crippen molar-refractivity contribution < 1.29 is 36.1 Å². The summed E-state index contributed by atoms with van der Waals surface area (Å²) in [7, 11) is -3.48. The molecule has 3 nitrogen and oxygen atoms in total. The van der Waals surface area contributed by atoms with Gasteiger partial charge >= 0.3 is 0 Å². The van der Waals surface area contributed by atoms with Crippen LogP contribution in [0.15, 0.2) is 59.5 Å². The molecule has 18 heavy (non-hydrogen) atoms. The van der Waals surface area contributed by atoms with E-state index < -0.39 is 10.0 Å². The monoisotopic (exact) mass is 449 g/mol. The summed E-state index contributed by atoms with van der Waals surface area (Å²) in [4.78, 5) is 0.270. The molecule has 0 radical (unpaired) electrons. The van der Waals surface area contributed by atoms with Gasteiger partial charge in [-0.05, 0) is 31.2 Å². The minimum atomic E-state index is -3.48. The molecule has 1 N–H and O–H groups in total. The quantitative estimate of drug-likeness (QED) is 0.735. The zero-order chi connectivity index (χ0) is 12.3. The third-order valence-electron chi connectivity index (χ3n) is 2.36. The molecule has 2 aromatic rings. The molecule has 0 saturated carbocycles. The van der Waals surface area contributed by atoms with E-state index in [9.17, 15) is 8.42 Å². The van der Waals surface area contributed by atoms with Gasteiger partial charge in [0.05, 0.1) is 4.90 Å². The van der Waals surface area contributed by atoms with E-state index in [4.69, 9.17) is 0 Å². The first-order valence-electron chi connectivity index (χ1n) is 5.22. The topological polar surface area (TPSA) is 46.2 Å². The number of benzene rings is 2. The predicted octanol–water partition coefficient (Wildman–Crippen LogP) is 2.79. The fourth-order valence-electron chi connectivity index (χ4n) is 1.44. The number of anilines is 1. The van der Waals surface area contributed by atoms with Crippen LogP contribution in [0.2, 0.25) is 0 Å². The van der Waals surface area contributed by atoms with Crippen molar-refractivity contribution in [3.63, 3.8) is 0 Å². The largest absolute Gasteiger partial charge is 0.280 e. The molecule has 0 atom stereocenters. The molecule has 0 aliphatic carbocycles. The first kappa shape index (κ1) is 15.2. The van der Waals surface area contributed by atoms with Crippen molar-refractivity contribution in [1.82, 2.24) is 0 Å². The molecule has 0 aromatic heterocycles. The molecule has 0 bridgehead atoms. The zero-order valence-corrected chi connectivity index (χ0v) is 16.4. The van der Waals surface area contributed by atoms with Gasteiger partial charge in [0.2, 0.25) is 0 Å². The van der Waals surface area contributed by atoms with E-state index in [-0.39, 0.29) is 32.6 Å². The van der Waals surface area contributed by atoms with Crippen LogP contribution in [0.25, 0.3) is 0 Å². The fourth-order valence-corrected chi connectivity index (χ4v) is 2.50. The predicted molar refractivity (Wildman–Crippen MR) is 68.4 cm³/mol. The fraction of sp³-hybridized carbons (Fsp3) is 0.0769. The molecular formula is C13H13HgNO2S. The third-order valence-corrected chi connectivity index (χ3v) is 3.75. The molecule has 0 amide bonds. The Labute approximate surface area is 128 Å². The van der Waals surface area contributed by atoms with Gasteiger partial charge in [0.15, 0.2) is 0 Å². The minimum Gasteiger partial charge on any atom is -0.280 e. The molecular weight excluding hydrogens is 435 g/mol. The molecule has 90 valence electrons. The molecule has 0 unspecified atom stereocenters. The van der Waals surface area contributed by atoms with Crippen molar-refractivity contribution in [3.05, 3.63) is 60.2 Å². The van der Waals surface area contributed by atoms with E-state index in [1.165, 1.54) is 0 Å². The Balaban J connectivity index is 0.00000162. The summed E-state index contributed by atoms with van der Waals surface area (Å²) < 4.78 is 26.5. The van der Waals surface area contributed by atoms with Gasteiger partial charge in [-0.2, -0.15) is 0 Å². The summed E-state index contributed by atoms with van der Waals surface area (Å²) in [5, 5.41) is 0. The van der Waals surface area contributed by atoms with Crippen LogP contribution in [-0.2, 0) is 37.7 Å². The number of hydrogen-bond acceptors (Lipinski definition) is 2. The van der Waals surface area contributed by atoms with Crippen molar-refractivity contribution in [2.75, 3.05) is 4.72 Å². The molecule has 0 spiro atoms. The molecule has 0 aliphatic rings. The van der Waals surface area contributed by atoms with Crippen LogP contribution in [0.5, 0.6) is 0 Å². The summed E-state index contributed by atoms with van der Waals surface area (Å²) in [6, 6.07) is 15.6. The van der Waals surface area contributed by atoms with Gasteiger partial charge in [-0.3, -0.25) is 4.72 Å². The average Bonchev–Trinajstić information content (AvgIpc) is 2.30. The Morgan fingerprint density at radius 2 is 1.44 bits per heavy atom. The van der Waals surface area contributed by atoms with Crippen LogP contribution in [-0.4, -0.2) is 8.42 Å². The Morgan fingerprint density at radius 1 is 0.889 bits per heavy atom. The summed E-state index contributed by atoms with van der Waals surface area (Å²) >= 11 is 0. The van der Waals surface area contributed by atoms with Gasteiger partial charge in [0.1, 0.15) is 0 Å². The van der Waals surface area contributed by atoms with Crippen molar-refractivity contribution in [3.8, 4) is 0 Å². The summed E-state index contributed by atoms with van der Waals surface area (Å²) in [5.74, 6) is 0. The number of nitrogens with one attached hydrogen (secondary N) is 1. The second kappa shape index (κ2) is 6.34. The van der Waals surface area contributed by atoms with Gasteiger partial charge in [-0.15, -0.1) is 0 Å². The van der Waals surface area contributed by atoms with Gasteiger partial charge in [0, 0.05) is 33.4 Å². The summed E-state index contributed by atoms with van der Waals surface area (Å²) in [5.41, 5.74) is 1.59. The van der Waals surface area contributed by atoms with Crippen molar-refractivity contribution >= 4 is 15.7 Å². The standard InChI is InChI=1S/C13H13NO2S.Hg/c1-11-7-9-13(10-8-11)17(15,16)14-12-5-3-2-4-6-12;/h2-10,14H,1H3;. The van der Waals surface area contributed by atoms with Crippen molar-refractivity contribution in [2.45, 2.75) is 11.8 Å². The molecule has 2 rings (SSSR count). The maximum Gasteiger partial charge on any atom is 0.261 e. The number of hydrogen-bond donors (Lipinski definition) is 1. The molecule has 0 heterocycles. The van der Waals surface area contributed by atoms with Gasteiger partial charge in [0.25, 0.3) is 10.0 Å². The van der Waals surface area contributed by atoms with Crippen LogP contribution in [0, 0.1) is 6.92 Å². The number of sulfonamides is 1. The van der Waals surface area contributed by atoms with Gasteiger partial charge < -0.3 is 0 Å². The van der Waals surface area contributed by atoms with E-state index in [2.05, 4.69) is 4.72 Å².